The number of hydrogen-bond acceptors (Lipinski definition) is 8. The van der Waals surface area contributed by atoms with Gasteiger partial charge in [0, 0.05) is 57.3 Å². The van der Waals surface area contributed by atoms with Crippen LogP contribution in [0.5, 0.6) is 5.75 Å². The Bertz CT molecular complexity index is 1140. The van der Waals surface area contributed by atoms with Crippen molar-refractivity contribution in [2.75, 3.05) is 55.7 Å². The minimum Gasteiger partial charge on any atom is -0.494 e. The van der Waals surface area contributed by atoms with Crippen LogP contribution in [0.25, 0.3) is 0 Å². The smallest absolute Gasteiger partial charge is 0.240 e. The van der Waals surface area contributed by atoms with Crippen LogP contribution >= 0.6 is 0 Å². The first-order valence-corrected chi connectivity index (χ1v) is 14.6. The summed E-state index contributed by atoms with van der Waals surface area (Å²) in [5.41, 5.74) is 7.83. The van der Waals surface area contributed by atoms with Gasteiger partial charge in [-0.2, -0.15) is 4.31 Å². The normalized spacial score (nSPS) is 18.5. The van der Waals surface area contributed by atoms with Gasteiger partial charge in [-0.1, -0.05) is 20.3 Å². The highest BCUT2D eigenvalue weighted by atomic mass is 32.2. The number of ether oxygens (including phenoxy) is 1. The number of unbranched alkanes of at least 4 members (excludes halogenated alkanes) is 1. The summed E-state index contributed by atoms with van der Waals surface area (Å²) in [6, 6.07) is 7.90. The number of primary amides is 1. The number of carbonyl (C=O) groups excluding carboxylic acids is 1. The maximum Gasteiger partial charge on any atom is 0.240 e. The monoisotopic (exact) mass is 530 g/mol. The number of anilines is 2. The van der Waals surface area contributed by atoms with Crippen LogP contribution in [-0.2, 0) is 21.2 Å². The van der Waals surface area contributed by atoms with Gasteiger partial charge < -0.3 is 20.3 Å². The van der Waals surface area contributed by atoms with Crippen LogP contribution in [0.2, 0.25) is 0 Å². The number of amides is 1. The van der Waals surface area contributed by atoms with Crippen molar-refractivity contribution in [3.63, 3.8) is 0 Å². The number of nitrogens with zero attached hydrogens (tertiary/aromatic N) is 5. The van der Waals surface area contributed by atoms with E-state index in [9.17, 15) is 13.2 Å². The van der Waals surface area contributed by atoms with Crippen molar-refractivity contribution in [3.8, 4) is 5.75 Å². The van der Waals surface area contributed by atoms with Crippen LogP contribution in [0.1, 0.15) is 45.1 Å². The molecule has 2 fully saturated rings. The molecule has 37 heavy (non-hydrogen) atoms. The molecule has 202 valence electrons. The SMILES string of the molecule is CCCCOc1ccc(N2CCN(S(=O)(=O)C3(C(N)=O)CCN(c4ncc(CC)cn4)CC3)CC2)cc1. The summed E-state index contributed by atoms with van der Waals surface area (Å²) in [5.74, 6) is 0.596. The Morgan fingerprint density at radius 2 is 1.59 bits per heavy atom. The quantitative estimate of drug-likeness (QED) is 0.464. The predicted molar refractivity (Wildman–Crippen MR) is 144 cm³/mol. The standard InChI is InChI=1S/C26H38N6O4S/c1-3-5-18-36-23-8-6-22(7-9-23)30-14-16-32(17-15-30)37(34,35)26(24(27)33)10-12-31(13-11-26)25-28-19-21(4-2)20-29-25/h6-9,19-20H,3-5,10-18H2,1-2H3,(H2,27,33). The largest absolute Gasteiger partial charge is 0.494 e. The average molecular weight is 531 g/mol. The molecule has 0 saturated carbocycles. The van der Waals surface area contributed by atoms with Crippen LogP contribution in [0.15, 0.2) is 36.7 Å². The molecule has 2 N–H and O–H groups in total. The second-order valence-electron chi connectivity index (χ2n) is 9.68. The molecule has 3 heterocycles. The summed E-state index contributed by atoms with van der Waals surface area (Å²) >= 11 is 0. The van der Waals surface area contributed by atoms with Gasteiger partial charge in [0.2, 0.25) is 21.9 Å². The van der Waals surface area contributed by atoms with Crippen molar-refractivity contribution in [1.29, 1.82) is 0 Å². The fourth-order valence-corrected chi connectivity index (χ4v) is 7.01. The molecule has 2 aliphatic rings. The third-order valence-corrected chi connectivity index (χ3v) is 10.1. The lowest BCUT2D eigenvalue weighted by molar-refractivity contribution is -0.121. The fourth-order valence-electron chi connectivity index (χ4n) is 4.91. The Morgan fingerprint density at radius 3 is 2.14 bits per heavy atom. The van der Waals surface area contributed by atoms with Crippen molar-refractivity contribution in [3.05, 3.63) is 42.2 Å². The number of rotatable bonds is 10. The van der Waals surface area contributed by atoms with E-state index in [1.54, 1.807) is 12.4 Å². The molecule has 4 rings (SSSR count). The van der Waals surface area contributed by atoms with Crippen LogP contribution in [0.3, 0.4) is 0 Å². The summed E-state index contributed by atoms with van der Waals surface area (Å²) in [4.78, 5) is 25.5. The first-order chi connectivity index (χ1) is 17.8. The average Bonchev–Trinajstić information content (AvgIpc) is 2.93. The van der Waals surface area contributed by atoms with E-state index in [0.717, 1.165) is 36.3 Å². The topological polar surface area (TPSA) is 122 Å². The van der Waals surface area contributed by atoms with Gasteiger partial charge in [0.05, 0.1) is 6.61 Å². The minimum absolute atomic E-state index is 0.114. The summed E-state index contributed by atoms with van der Waals surface area (Å²) < 4.78 is 33.1. The number of piperazine rings is 1. The number of aromatic nitrogens is 2. The molecule has 10 nitrogen and oxygen atoms in total. The van der Waals surface area contributed by atoms with Gasteiger partial charge in [0.25, 0.3) is 0 Å². The first-order valence-electron chi connectivity index (χ1n) is 13.1. The Labute approximate surface area is 219 Å². The van der Waals surface area contributed by atoms with Gasteiger partial charge in [-0.05, 0) is 55.5 Å². The molecule has 1 amide bonds. The van der Waals surface area contributed by atoms with Crippen molar-refractivity contribution < 1.29 is 17.9 Å². The van der Waals surface area contributed by atoms with Crippen LogP contribution in [0.4, 0.5) is 11.6 Å². The predicted octanol–water partition coefficient (Wildman–Crippen LogP) is 2.19. The van der Waals surface area contributed by atoms with Gasteiger partial charge in [-0.25, -0.2) is 18.4 Å². The van der Waals surface area contributed by atoms with Crippen molar-refractivity contribution >= 4 is 27.6 Å². The van der Waals surface area contributed by atoms with Gasteiger partial charge >= 0.3 is 0 Å². The lowest BCUT2D eigenvalue weighted by atomic mass is 9.95. The molecule has 2 saturated heterocycles. The second kappa shape index (κ2) is 11.6. The van der Waals surface area contributed by atoms with E-state index in [1.165, 1.54) is 4.31 Å². The first kappa shape index (κ1) is 27.1. The zero-order valence-corrected chi connectivity index (χ0v) is 22.6. The molecule has 2 aromatic rings. The highest BCUT2D eigenvalue weighted by Gasteiger charge is 2.54. The molecule has 0 radical (unpaired) electrons. The van der Waals surface area contributed by atoms with E-state index in [4.69, 9.17) is 10.5 Å². The lowest BCUT2D eigenvalue weighted by Crippen LogP contribution is -2.63. The summed E-state index contributed by atoms with van der Waals surface area (Å²) in [7, 11) is -3.94. The maximum absolute atomic E-state index is 13.8. The summed E-state index contributed by atoms with van der Waals surface area (Å²) in [6.07, 6.45) is 6.73. The lowest BCUT2D eigenvalue weighted by Gasteiger charge is -2.43. The third-order valence-electron chi connectivity index (χ3n) is 7.44. The van der Waals surface area contributed by atoms with E-state index in [0.29, 0.717) is 51.8 Å². The van der Waals surface area contributed by atoms with Gasteiger partial charge in [0.15, 0.2) is 4.75 Å². The molecule has 0 spiro atoms. The zero-order chi connectivity index (χ0) is 26.5. The number of sulfonamides is 1. The second-order valence-corrected chi connectivity index (χ2v) is 11.9. The van der Waals surface area contributed by atoms with Crippen molar-refractivity contribution in [1.82, 2.24) is 14.3 Å². The highest BCUT2D eigenvalue weighted by Crippen LogP contribution is 2.35. The molecule has 0 atom stereocenters. The fraction of sp³-hybridized carbons (Fsp3) is 0.577. The van der Waals surface area contributed by atoms with E-state index in [1.807, 2.05) is 36.1 Å². The third kappa shape index (κ3) is 5.67. The molecule has 1 aromatic heterocycles. The molecule has 0 bridgehead atoms. The van der Waals surface area contributed by atoms with Crippen molar-refractivity contribution in [2.45, 2.75) is 50.7 Å². The molecular weight excluding hydrogens is 492 g/mol. The number of aryl methyl sites for hydroxylation is 1. The number of benzene rings is 1. The molecule has 0 unspecified atom stereocenters. The van der Waals surface area contributed by atoms with Crippen LogP contribution < -0.4 is 20.3 Å². The summed E-state index contributed by atoms with van der Waals surface area (Å²) in [6.45, 7) is 7.23. The number of carbonyl (C=O) groups is 1. The molecule has 1 aromatic carbocycles. The Morgan fingerprint density at radius 1 is 0.973 bits per heavy atom. The van der Waals surface area contributed by atoms with E-state index >= 15 is 0 Å². The highest BCUT2D eigenvalue weighted by molar-refractivity contribution is 7.91. The van der Waals surface area contributed by atoms with Crippen LogP contribution in [0, 0.1) is 0 Å². The summed E-state index contributed by atoms with van der Waals surface area (Å²) in [5, 5.41) is 0. The Balaban J connectivity index is 1.39. The Kier molecular flexibility index (Phi) is 8.53. The maximum atomic E-state index is 13.8. The van der Waals surface area contributed by atoms with E-state index in [-0.39, 0.29) is 12.8 Å². The minimum atomic E-state index is -3.94. The van der Waals surface area contributed by atoms with Gasteiger partial charge in [0.1, 0.15) is 5.75 Å². The van der Waals surface area contributed by atoms with E-state index in [2.05, 4.69) is 21.8 Å². The van der Waals surface area contributed by atoms with Gasteiger partial charge in [-0.15, -0.1) is 0 Å². The number of hydrogen-bond donors (Lipinski definition) is 1. The molecule has 0 aliphatic carbocycles. The van der Waals surface area contributed by atoms with Crippen LogP contribution in [-0.4, -0.2) is 79.2 Å². The molecule has 2 aliphatic heterocycles. The Hall–Kier alpha value is -2.92. The zero-order valence-electron chi connectivity index (χ0n) is 21.8. The van der Waals surface area contributed by atoms with E-state index < -0.39 is 20.7 Å². The number of piperidine rings is 1. The molecule has 11 heteroatoms. The molecular formula is C26H38N6O4S. The van der Waals surface area contributed by atoms with Crippen molar-refractivity contribution in [2.24, 2.45) is 5.73 Å². The number of nitrogens with two attached hydrogens (primary N) is 1. The van der Waals surface area contributed by atoms with Gasteiger partial charge in [-0.3, -0.25) is 4.79 Å².